The number of piperazine rings is 1. The summed E-state index contributed by atoms with van der Waals surface area (Å²) in [7, 11) is 0. The van der Waals surface area contributed by atoms with Gasteiger partial charge < -0.3 is 4.90 Å². The molecule has 1 amide bonds. The van der Waals surface area contributed by atoms with Crippen LogP contribution >= 0.6 is 11.3 Å². The molecule has 5 heteroatoms. The topological polar surface area (TPSA) is 36.4 Å². The largest absolute Gasteiger partial charge is 0.340 e. The highest BCUT2D eigenvalue weighted by Crippen LogP contribution is 2.16. The molecule has 0 radical (unpaired) electrons. The molecule has 1 aliphatic heterocycles. The number of carbonyl (C=O) groups excluding carboxylic acids is 1. The van der Waals surface area contributed by atoms with Gasteiger partial charge in [0.25, 0.3) is 0 Å². The van der Waals surface area contributed by atoms with Crippen LogP contribution in [0, 0.1) is 5.92 Å². The average molecular weight is 293 g/mol. The van der Waals surface area contributed by atoms with Crippen LogP contribution in [-0.2, 0) is 11.3 Å². The van der Waals surface area contributed by atoms with E-state index in [0.29, 0.717) is 0 Å². The molecule has 0 aromatic carbocycles. The fourth-order valence-corrected chi connectivity index (χ4v) is 3.22. The lowest BCUT2D eigenvalue weighted by Gasteiger charge is -2.35. The van der Waals surface area contributed by atoms with Gasteiger partial charge in [0.1, 0.15) is 0 Å². The van der Waals surface area contributed by atoms with Gasteiger partial charge in [0, 0.05) is 49.7 Å². The number of amides is 1. The van der Waals surface area contributed by atoms with Crippen molar-refractivity contribution in [2.45, 2.75) is 26.8 Å². The van der Waals surface area contributed by atoms with Crippen LogP contribution in [0.25, 0.3) is 0 Å². The predicted molar refractivity (Wildman–Crippen MR) is 82.6 cm³/mol. The Kier molecular flexibility index (Phi) is 5.31. The predicted octanol–water partition coefficient (Wildman–Crippen LogP) is 2.39. The van der Waals surface area contributed by atoms with Crippen molar-refractivity contribution in [3.63, 3.8) is 0 Å². The normalized spacial score (nSPS) is 18.0. The van der Waals surface area contributed by atoms with Crippen LogP contribution in [0.15, 0.2) is 23.9 Å². The number of nitrogens with zero attached hydrogens (tertiary/aromatic N) is 3. The molecule has 1 aromatic heterocycles. The van der Waals surface area contributed by atoms with Crippen molar-refractivity contribution in [1.29, 1.82) is 0 Å². The van der Waals surface area contributed by atoms with Gasteiger partial charge in [-0.15, -0.1) is 17.9 Å². The first-order chi connectivity index (χ1) is 9.56. The third-order valence-corrected chi connectivity index (χ3v) is 4.39. The molecule has 1 saturated heterocycles. The molecule has 2 heterocycles. The highest BCUT2D eigenvalue weighted by atomic mass is 32.1. The molecular weight excluding hydrogens is 270 g/mol. The van der Waals surface area contributed by atoms with E-state index in [1.807, 2.05) is 30.5 Å². The Morgan fingerprint density at radius 2 is 2.15 bits per heavy atom. The number of allylic oxidation sites excluding steroid dienone is 1. The lowest BCUT2D eigenvalue weighted by atomic mass is 10.0. The summed E-state index contributed by atoms with van der Waals surface area (Å²) in [4.78, 5) is 22.1. The molecule has 0 bridgehead atoms. The smallest absolute Gasteiger partial charge is 0.225 e. The maximum Gasteiger partial charge on any atom is 0.225 e. The Morgan fingerprint density at radius 3 is 2.70 bits per heavy atom. The molecule has 1 aliphatic rings. The summed E-state index contributed by atoms with van der Waals surface area (Å²) in [5.74, 6) is 0.325. The van der Waals surface area contributed by atoms with Crippen molar-refractivity contribution in [2.75, 3.05) is 26.2 Å². The summed E-state index contributed by atoms with van der Waals surface area (Å²) >= 11 is 1.69. The van der Waals surface area contributed by atoms with Gasteiger partial charge in [-0.1, -0.05) is 12.5 Å². The van der Waals surface area contributed by atoms with Crippen molar-refractivity contribution in [2.24, 2.45) is 5.92 Å². The summed E-state index contributed by atoms with van der Waals surface area (Å²) in [5, 5.41) is 0. The molecule has 0 saturated carbocycles. The van der Waals surface area contributed by atoms with Crippen molar-refractivity contribution in [3.8, 4) is 0 Å². The quantitative estimate of drug-likeness (QED) is 0.782. The van der Waals surface area contributed by atoms with E-state index in [4.69, 9.17) is 0 Å². The van der Waals surface area contributed by atoms with E-state index >= 15 is 0 Å². The van der Waals surface area contributed by atoms with E-state index in [-0.39, 0.29) is 11.8 Å². The van der Waals surface area contributed by atoms with Gasteiger partial charge in [-0.3, -0.25) is 14.7 Å². The van der Waals surface area contributed by atoms with Crippen molar-refractivity contribution in [3.05, 3.63) is 28.7 Å². The van der Waals surface area contributed by atoms with Crippen LogP contribution in [0.1, 0.15) is 25.1 Å². The molecule has 0 aliphatic carbocycles. The van der Waals surface area contributed by atoms with Crippen molar-refractivity contribution < 1.29 is 4.79 Å². The van der Waals surface area contributed by atoms with Gasteiger partial charge in [0.15, 0.2) is 0 Å². The summed E-state index contributed by atoms with van der Waals surface area (Å²) in [6, 6.07) is 0. The SMILES string of the molecule is C=C(C)CC(C)C(=O)N1CCN(Cc2cncs2)CC1. The second kappa shape index (κ2) is 6.99. The van der Waals surface area contributed by atoms with Gasteiger partial charge in [0.05, 0.1) is 5.51 Å². The van der Waals surface area contributed by atoms with Crippen molar-refractivity contribution in [1.82, 2.24) is 14.8 Å². The number of carbonyl (C=O) groups is 1. The second-order valence-electron chi connectivity index (χ2n) is 5.63. The zero-order valence-corrected chi connectivity index (χ0v) is 13.2. The van der Waals surface area contributed by atoms with Gasteiger partial charge in [-0.25, -0.2) is 0 Å². The lowest BCUT2D eigenvalue weighted by molar-refractivity contribution is -0.136. The standard InChI is InChI=1S/C15H23N3OS/c1-12(2)8-13(3)15(19)18-6-4-17(5-7-18)10-14-9-16-11-20-14/h9,11,13H,1,4-8,10H2,2-3H3. The fourth-order valence-electron chi connectivity index (χ4n) is 2.59. The first kappa shape index (κ1) is 15.2. The number of aromatic nitrogens is 1. The number of hydrogen-bond acceptors (Lipinski definition) is 4. The summed E-state index contributed by atoms with van der Waals surface area (Å²) in [5.41, 5.74) is 2.95. The molecule has 2 rings (SSSR count). The Labute approximate surface area is 125 Å². The van der Waals surface area contributed by atoms with E-state index in [2.05, 4.69) is 16.5 Å². The van der Waals surface area contributed by atoms with Gasteiger partial charge in [0.2, 0.25) is 5.91 Å². The Balaban J connectivity index is 1.78. The van der Waals surface area contributed by atoms with E-state index in [9.17, 15) is 4.79 Å². The maximum absolute atomic E-state index is 12.3. The molecule has 1 unspecified atom stereocenters. The summed E-state index contributed by atoms with van der Waals surface area (Å²) in [6.45, 7) is 12.4. The molecular formula is C15H23N3OS. The van der Waals surface area contributed by atoms with Crippen LogP contribution in [0.5, 0.6) is 0 Å². The average Bonchev–Trinajstić information content (AvgIpc) is 2.91. The monoisotopic (exact) mass is 293 g/mol. The first-order valence-electron chi connectivity index (χ1n) is 7.09. The second-order valence-corrected chi connectivity index (χ2v) is 6.60. The number of thiazole rings is 1. The minimum atomic E-state index is 0.0561. The van der Waals surface area contributed by atoms with Crippen LogP contribution < -0.4 is 0 Å². The van der Waals surface area contributed by atoms with E-state index in [1.54, 1.807) is 11.3 Å². The van der Waals surface area contributed by atoms with Crippen LogP contribution in [-0.4, -0.2) is 46.9 Å². The molecule has 110 valence electrons. The molecule has 0 spiro atoms. The van der Waals surface area contributed by atoms with Crippen LogP contribution in [0.4, 0.5) is 0 Å². The van der Waals surface area contributed by atoms with Gasteiger partial charge in [-0.05, 0) is 13.3 Å². The van der Waals surface area contributed by atoms with Gasteiger partial charge in [-0.2, -0.15) is 0 Å². The maximum atomic E-state index is 12.3. The molecule has 4 nitrogen and oxygen atoms in total. The van der Waals surface area contributed by atoms with Crippen LogP contribution in [0.3, 0.4) is 0 Å². The van der Waals surface area contributed by atoms with Crippen molar-refractivity contribution >= 4 is 17.2 Å². The molecule has 1 aromatic rings. The van der Waals surface area contributed by atoms with E-state index < -0.39 is 0 Å². The van der Waals surface area contributed by atoms with E-state index in [1.165, 1.54) is 4.88 Å². The summed E-state index contributed by atoms with van der Waals surface area (Å²) in [6.07, 6.45) is 2.72. The third-order valence-electron chi connectivity index (χ3n) is 3.62. The molecule has 20 heavy (non-hydrogen) atoms. The Morgan fingerprint density at radius 1 is 1.45 bits per heavy atom. The Hall–Kier alpha value is -1.20. The fraction of sp³-hybridized carbons (Fsp3) is 0.600. The minimum Gasteiger partial charge on any atom is -0.340 e. The molecule has 0 N–H and O–H groups in total. The number of rotatable bonds is 5. The molecule has 1 atom stereocenters. The molecule has 1 fully saturated rings. The lowest BCUT2D eigenvalue weighted by Crippen LogP contribution is -2.49. The first-order valence-corrected chi connectivity index (χ1v) is 7.97. The Bertz CT molecular complexity index is 450. The highest BCUT2D eigenvalue weighted by Gasteiger charge is 2.24. The number of hydrogen-bond donors (Lipinski definition) is 0. The highest BCUT2D eigenvalue weighted by molar-refractivity contribution is 7.09. The van der Waals surface area contributed by atoms with E-state index in [0.717, 1.165) is 44.7 Å². The minimum absolute atomic E-state index is 0.0561. The zero-order chi connectivity index (χ0) is 14.5. The van der Waals surface area contributed by atoms with Gasteiger partial charge >= 0.3 is 0 Å². The third kappa shape index (κ3) is 4.15. The zero-order valence-electron chi connectivity index (χ0n) is 12.3. The summed E-state index contributed by atoms with van der Waals surface area (Å²) < 4.78 is 0. The van der Waals surface area contributed by atoms with Crippen LogP contribution in [0.2, 0.25) is 0 Å².